The second kappa shape index (κ2) is 4.76. The van der Waals surface area contributed by atoms with E-state index in [4.69, 9.17) is 28.5 Å². The number of aromatic nitrogens is 2. The summed E-state index contributed by atoms with van der Waals surface area (Å²) in [5.74, 6) is -1.04. The molecule has 0 amide bonds. The fourth-order valence-electron chi connectivity index (χ4n) is 2.01. The molecule has 1 aromatic heterocycles. The molecule has 0 saturated carbocycles. The average molecular weight is 302 g/mol. The van der Waals surface area contributed by atoms with Crippen molar-refractivity contribution in [1.82, 2.24) is 9.55 Å². The molecule has 0 aliphatic carbocycles. The van der Waals surface area contributed by atoms with Crippen LogP contribution >= 0.6 is 12.2 Å². The van der Waals surface area contributed by atoms with E-state index in [2.05, 4.69) is 4.98 Å². The fourth-order valence-corrected chi connectivity index (χ4v) is 2.16. The molecule has 0 unspecified atom stereocenters. The molecule has 1 aromatic rings. The van der Waals surface area contributed by atoms with E-state index >= 15 is 0 Å². The number of rotatable bonds is 2. The quantitative estimate of drug-likeness (QED) is 0.395. The number of alkyl halides is 1. The Hall–Kier alpha value is -1.57. The van der Waals surface area contributed by atoms with E-state index in [0.29, 0.717) is 4.57 Å². The number of nitrogens with one attached hydrogen (secondary N) is 1. The molecular weight excluding hydrogens is 291 g/mol. The first kappa shape index (κ1) is 14.8. The maximum atomic E-state index is 14.1. The molecule has 0 radical (unpaired) electrons. The maximum Gasteiger partial charge on any atom is 0.329 e. The van der Waals surface area contributed by atoms with Crippen molar-refractivity contribution in [2.45, 2.75) is 23.8 Å². The summed E-state index contributed by atoms with van der Waals surface area (Å²) >= 11 is 4.74. The van der Waals surface area contributed by atoms with Crippen molar-refractivity contribution >= 4 is 12.2 Å². The Balaban J connectivity index is 2.65. The molecule has 0 spiro atoms. The Kier molecular flexibility index (Phi) is 3.53. The number of ether oxygens (including phenoxy) is 1. The van der Waals surface area contributed by atoms with E-state index in [-0.39, 0.29) is 4.64 Å². The van der Waals surface area contributed by atoms with Gasteiger partial charge in [0.05, 0.1) is 0 Å². The third kappa shape index (κ3) is 1.90. The first-order valence-corrected chi connectivity index (χ1v) is 5.88. The predicted molar refractivity (Wildman–Crippen MR) is 66.7 cm³/mol. The molecule has 1 aliphatic heterocycles. The van der Waals surface area contributed by atoms with Gasteiger partial charge in [0.25, 0.3) is 5.85 Å². The topological polar surface area (TPSA) is 108 Å². The lowest BCUT2D eigenvalue weighted by molar-refractivity contribution is -0.227. The summed E-state index contributed by atoms with van der Waals surface area (Å²) in [5.41, 5.74) is -3.16. The van der Waals surface area contributed by atoms with E-state index in [0.717, 1.165) is 6.20 Å². The zero-order chi connectivity index (χ0) is 15.1. The molecule has 1 saturated heterocycles. The van der Waals surface area contributed by atoms with Crippen molar-refractivity contribution in [2.24, 2.45) is 0 Å². The second-order valence-corrected chi connectivity index (χ2v) is 4.70. The Morgan fingerprint density at radius 3 is 2.70 bits per heavy atom. The maximum absolute atomic E-state index is 14.1. The minimum absolute atomic E-state index is 0.0973. The molecule has 20 heavy (non-hydrogen) atoms. The van der Waals surface area contributed by atoms with Gasteiger partial charge in [0.2, 0.25) is 5.72 Å². The number of aromatic amines is 1. The molecule has 0 aromatic carbocycles. The summed E-state index contributed by atoms with van der Waals surface area (Å²) in [6, 6.07) is 1.27. The van der Waals surface area contributed by atoms with Crippen molar-refractivity contribution < 1.29 is 24.4 Å². The standard InChI is InChI=1S/C11H11FN2O5S/c1-2-11(14-4-3-6(20)13-9(14)18)8(17)7(16)10(12,5-15)19-11/h1,3-4,7-8,15-17H,5H2,(H,13,18,20)/t7-,8+,10+,11+/m0/s1. The molecule has 2 rings (SSSR count). The van der Waals surface area contributed by atoms with Gasteiger partial charge in [-0.15, -0.1) is 6.42 Å². The van der Waals surface area contributed by atoms with Gasteiger partial charge in [-0.05, 0) is 12.0 Å². The van der Waals surface area contributed by atoms with Crippen molar-refractivity contribution in [2.75, 3.05) is 6.61 Å². The zero-order valence-corrected chi connectivity index (χ0v) is 10.8. The molecule has 0 bridgehead atoms. The van der Waals surface area contributed by atoms with Crippen molar-refractivity contribution in [1.29, 1.82) is 0 Å². The van der Waals surface area contributed by atoms with Gasteiger partial charge < -0.3 is 20.1 Å². The number of aliphatic hydroxyl groups is 3. The van der Waals surface area contributed by atoms with Gasteiger partial charge >= 0.3 is 5.69 Å². The van der Waals surface area contributed by atoms with Crippen LogP contribution in [0.2, 0.25) is 0 Å². The third-order valence-corrected chi connectivity index (χ3v) is 3.31. The van der Waals surface area contributed by atoms with Crippen molar-refractivity contribution in [3.05, 3.63) is 27.4 Å². The smallest absolute Gasteiger partial charge is 0.329 e. The Morgan fingerprint density at radius 2 is 2.25 bits per heavy atom. The summed E-state index contributed by atoms with van der Waals surface area (Å²) < 4.78 is 19.7. The van der Waals surface area contributed by atoms with Gasteiger partial charge in [-0.2, -0.15) is 0 Å². The lowest BCUT2D eigenvalue weighted by atomic mass is 10.0. The molecule has 1 aliphatic rings. The number of nitrogens with zero attached hydrogens (tertiary/aromatic N) is 1. The largest absolute Gasteiger partial charge is 0.390 e. The molecule has 7 nitrogen and oxygen atoms in total. The Labute approximate surface area is 117 Å². The number of hydrogen-bond donors (Lipinski definition) is 4. The highest BCUT2D eigenvalue weighted by molar-refractivity contribution is 7.71. The van der Waals surface area contributed by atoms with Gasteiger partial charge in [0.1, 0.15) is 23.5 Å². The van der Waals surface area contributed by atoms with Crippen molar-refractivity contribution in [3.8, 4) is 12.3 Å². The van der Waals surface area contributed by atoms with Crippen LogP contribution in [-0.4, -0.2) is 49.5 Å². The highest BCUT2D eigenvalue weighted by Crippen LogP contribution is 2.41. The summed E-state index contributed by atoms with van der Waals surface area (Å²) in [4.78, 5) is 14.1. The van der Waals surface area contributed by atoms with E-state index in [1.54, 1.807) is 0 Å². The molecule has 4 N–H and O–H groups in total. The van der Waals surface area contributed by atoms with Gasteiger partial charge in [-0.3, -0.25) is 9.55 Å². The monoisotopic (exact) mass is 302 g/mol. The van der Waals surface area contributed by atoms with Crippen LogP contribution in [0.15, 0.2) is 17.1 Å². The highest BCUT2D eigenvalue weighted by Gasteiger charge is 2.64. The lowest BCUT2D eigenvalue weighted by Gasteiger charge is -2.28. The van der Waals surface area contributed by atoms with Crippen LogP contribution in [0.4, 0.5) is 4.39 Å². The summed E-state index contributed by atoms with van der Waals surface area (Å²) in [6.07, 6.45) is 2.25. The van der Waals surface area contributed by atoms with Crippen molar-refractivity contribution in [3.63, 3.8) is 0 Å². The van der Waals surface area contributed by atoms with E-state index in [1.807, 2.05) is 5.92 Å². The SMILES string of the molecule is C#C[C@@]1(n2ccc(=S)[nH]c2=O)O[C@](F)(CO)[C@@H](O)[C@H]1O. The van der Waals surface area contributed by atoms with Crippen LogP contribution in [0.25, 0.3) is 0 Å². The average Bonchev–Trinajstić information content (AvgIpc) is 2.62. The normalized spacial score (nSPS) is 36.8. The number of hydrogen-bond acceptors (Lipinski definition) is 6. The first-order chi connectivity index (χ1) is 9.30. The Bertz CT molecular complexity index is 682. The molecular formula is C11H11FN2O5S. The van der Waals surface area contributed by atoms with E-state index in [1.165, 1.54) is 6.07 Å². The van der Waals surface area contributed by atoms with Crippen LogP contribution in [0.5, 0.6) is 0 Å². The highest BCUT2D eigenvalue weighted by atomic mass is 32.1. The minimum atomic E-state index is -2.99. The minimum Gasteiger partial charge on any atom is -0.390 e. The van der Waals surface area contributed by atoms with Gasteiger partial charge in [0, 0.05) is 6.20 Å². The number of halogens is 1. The summed E-state index contributed by atoms with van der Waals surface area (Å²) in [6.45, 7) is -1.24. The fraction of sp³-hybridized carbons (Fsp3) is 0.455. The zero-order valence-electron chi connectivity index (χ0n) is 9.99. The Morgan fingerprint density at radius 1 is 1.60 bits per heavy atom. The first-order valence-electron chi connectivity index (χ1n) is 5.47. The summed E-state index contributed by atoms with van der Waals surface area (Å²) in [5, 5.41) is 28.5. The van der Waals surface area contributed by atoms with E-state index in [9.17, 15) is 19.4 Å². The number of H-pyrrole nitrogens is 1. The van der Waals surface area contributed by atoms with E-state index < -0.39 is 36.1 Å². The number of terminal acetylenes is 1. The molecule has 9 heteroatoms. The third-order valence-electron chi connectivity index (χ3n) is 3.07. The van der Waals surface area contributed by atoms with Gasteiger partial charge in [0.15, 0.2) is 0 Å². The van der Waals surface area contributed by atoms with Gasteiger partial charge in [-0.25, -0.2) is 9.18 Å². The second-order valence-electron chi connectivity index (χ2n) is 4.26. The molecule has 4 atom stereocenters. The molecule has 2 heterocycles. The predicted octanol–water partition coefficient (Wildman–Crippen LogP) is -1.40. The van der Waals surface area contributed by atoms with Gasteiger partial charge in [-0.1, -0.05) is 12.2 Å². The van der Waals surface area contributed by atoms with Crippen LogP contribution in [0.1, 0.15) is 0 Å². The molecule has 1 fully saturated rings. The summed E-state index contributed by atoms with van der Waals surface area (Å²) in [7, 11) is 0. The van der Waals surface area contributed by atoms with Crippen LogP contribution in [-0.2, 0) is 10.5 Å². The van der Waals surface area contributed by atoms with Crippen LogP contribution in [0, 0.1) is 17.0 Å². The number of aliphatic hydroxyl groups excluding tert-OH is 3. The molecule has 108 valence electrons. The van der Waals surface area contributed by atoms with Crippen LogP contribution in [0.3, 0.4) is 0 Å². The van der Waals surface area contributed by atoms with Crippen LogP contribution < -0.4 is 5.69 Å². The lowest BCUT2D eigenvalue weighted by Crippen LogP contribution is -2.49.